The molecule has 0 aliphatic heterocycles. The van der Waals surface area contributed by atoms with E-state index in [1.807, 2.05) is 25.4 Å². The molecule has 0 aromatic carbocycles. The van der Waals surface area contributed by atoms with Crippen molar-refractivity contribution in [3.05, 3.63) is 48.0 Å². The number of hydrogen-bond acceptors (Lipinski definition) is 3. The summed E-state index contributed by atoms with van der Waals surface area (Å²) in [6.45, 7) is 0. The number of nitrogens with zero attached hydrogens (tertiary/aromatic N) is 3. The zero-order chi connectivity index (χ0) is 10.7. The second-order valence-corrected chi connectivity index (χ2v) is 3.53. The van der Waals surface area contributed by atoms with Crippen LogP contribution in [0.15, 0.2) is 36.9 Å². The second kappa shape index (κ2) is 4.23. The normalized spacial score (nSPS) is 12.7. The third-order valence-corrected chi connectivity index (χ3v) is 2.26. The summed E-state index contributed by atoms with van der Waals surface area (Å²) in [5, 5.41) is 13.9. The molecule has 1 atom stereocenters. The van der Waals surface area contributed by atoms with Gasteiger partial charge in [0.25, 0.3) is 0 Å². The largest absolute Gasteiger partial charge is 0.388 e. The van der Waals surface area contributed by atoms with Crippen LogP contribution in [0.2, 0.25) is 0 Å². The zero-order valence-electron chi connectivity index (χ0n) is 8.54. The smallest absolute Gasteiger partial charge is 0.0861 e. The summed E-state index contributed by atoms with van der Waals surface area (Å²) in [7, 11) is 1.83. The molecule has 0 saturated heterocycles. The highest BCUT2D eigenvalue weighted by molar-refractivity contribution is 5.15. The van der Waals surface area contributed by atoms with Crippen molar-refractivity contribution in [2.45, 2.75) is 12.5 Å². The minimum atomic E-state index is -0.511. The van der Waals surface area contributed by atoms with Crippen LogP contribution in [-0.4, -0.2) is 19.9 Å². The van der Waals surface area contributed by atoms with E-state index < -0.39 is 6.10 Å². The lowest BCUT2D eigenvalue weighted by Crippen LogP contribution is -2.00. The first-order valence-electron chi connectivity index (χ1n) is 4.81. The molecule has 0 saturated carbocycles. The molecule has 1 unspecified atom stereocenters. The number of aromatic nitrogens is 3. The van der Waals surface area contributed by atoms with Crippen LogP contribution in [0, 0.1) is 0 Å². The Morgan fingerprint density at radius 1 is 1.47 bits per heavy atom. The number of pyridine rings is 1. The minimum absolute atomic E-state index is 0.511. The molecule has 2 aromatic heterocycles. The molecule has 2 rings (SSSR count). The first-order chi connectivity index (χ1) is 7.25. The van der Waals surface area contributed by atoms with Crippen LogP contribution in [0.4, 0.5) is 0 Å². The fraction of sp³-hybridized carbons (Fsp3) is 0.273. The first kappa shape index (κ1) is 9.86. The van der Waals surface area contributed by atoms with Gasteiger partial charge >= 0.3 is 0 Å². The zero-order valence-corrected chi connectivity index (χ0v) is 8.54. The highest BCUT2D eigenvalue weighted by Gasteiger charge is 2.10. The van der Waals surface area contributed by atoms with Crippen molar-refractivity contribution in [1.82, 2.24) is 14.8 Å². The number of aliphatic hydroxyl groups is 1. The van der Waals surface area contributed by atoms with Crippen LogP contribution in [0.3, 0.4) is 0 Å². The molecule has 4 nitrogen and oxygen atoms in total. The monoisotopic (exact) mass is 203 g/mol. The van der Waals surface area contributed by atoms with E-state index in [0.717, 1.165) is 11.1 Å². The fourth-order valence-corrected chi connectivity index (χ4v) is 1.47. The van der Waals surface area contributed by atoms with Crippen molar-refractivity contribution in [2.75, 3.05) is 0 Å². The lowest BCUT2D eigenvalue weighted by Gasteiger charge is -2.07. The predicted molar refractivity (Wildman–Crippen MR) is 56.1 cm³/mol. The first-order valence-corrected chi connectivity index (χ1v) is 4.81. The molecule has 15 heavy (non-hydrogen) atoms. The van der Waals surface area contributed by atoms with Crippen molar-refractivity contribution >= 4 is 0 Å². The van der Waals surface area contributed by atoms with E-state index in [2.05, 4.69) is 10.1 Å². The second-order valence-electron chi connectivity index (χ2n) is 3.53. The Labute approximate surface area is 88.2 Å². The van der Waals surface area contributed by atoms with Gasteiger partial charge in [-0.25, -0.2) is 0 Å². The fourth-order valence-electron chi connectivity index (χ4n) is 1.47. The Bertz CT molecular complexity index is 424. The Morgan fingerprint density at radius 2 is 2.33 bits per heavy atom. The number of aryl methyl sites for hydroxylation is 1. The van der Waals surface area contributed by atoms with E-state index in [4.69, 9.17) is 0 Å². The van der Waals surface area contributed by atoms with E-state index in [9.17, 15) is 5.11 Å². The van der Waals surface area contributed by atoms with Gasteiger partial charge in [0.1, 0.15) is 0 Å². The molecule has 0 bridgehead atoms. The quantitative estimate of drug-likeness (QED) is 0.812. The Hall–Kier alpha value is -1.68. The van der Waals surface area contributed by atoms with E-state index in [1.54, 1.807) is 23.3 Å². The van der Waals surface area contributed by atoms with E-state index in [0.29, 0.717) is 6.42 Å². The summed E-state index contributed by atoms with van der Waals surface area (Å²) in [5.74, 6) is 0. The molecule has 0 radical (unpaired) electrons. The number of hydrogen-bond donors (Lipinski definition) is 1. The summed E-state index contributed by atoms with van der Waals surface area (Å²) in [6.07, 6.45) is 7.05. The Kier molecular flexibility index (Phi) is 2.78. The van der Waals surface area contributed by atoms with Crippen LogP contribution in [0.1, 0.15) is 17.2 Å². The summed E-state index contributed by atoms with van der Waals surface area (Å²) in [6, 6.07) is 3.82. The Morgan fingerprint density at radius 3 is 2.93 bits per heavy atom. The summed E-state index contributed by atoms with van der Waals surface area (Å²) < 4.78 is 1.68. The van der Waals surface area contributed by atoms with Crippen LogP contribution in [-0.2, 0) is 13.5 Å². The van der Waals surface area contributed by atoms with Gasteiger partial charge in [0.15, 0.2) is 0 Å². The van der Waals surface area contributed by atoms with Gasteiger partial charge in [-0.3, -0.25) is 9.67 Å². The number of rotatable bonds is 3. The molecular weight excluding hydrogens is 190 g/mol. The molecule has 0 spiro atoms. The summed E-state index contributed by atoms with van der Waals surface area (Å²) in [5.41, 5.74) is 1.86. The van der Waals surface area contributed by atoms with Crippen molar-refractivity contribution in [2.24, 2.45) is 7.05 Å². The van der Waals surface area contributed by atoms with Gasteiger partial charge in [0, 0.05) is 37.6 Å². The van der Waals surface area contributed by atoms with Crippen LogP contribution >= 0.6 is 0 Å². The molecule has 78 valence electrons. The lowest BCUT2D eigenvalue weighted by molar-refractivity contribution is 0.178. The highest BCUT2D eigenvalue weighted by atomic mass is 16.3. The molecular formula is C11H13N3O. The molecule has 0 aliphatic rings. The predicted octanol–water partition coefficient (Wildman–Crippen LogP) is 1.09. The molecule has 2 heterocycles. The summed E-state index contributed by atoms with van der Waals surface area (Å²) in [4.78, 5) is 4.00. The van der Waals surface area contributed by atoms with Gasteiger partial charge in [0.05, 0.1) is 12.3 Å². The highest BCUT2D eigenvalue weighted by Crippen LogP contribution is 2.16. The van der Waals surface area contributed by atoms with E-state index in [1.165, 1.54) is 0 Å². The van der Waals surface area contributed by atoms with Gasteiger partial charge in [0.2, 0.25) is 0 Å². The average molecular weight is 203 g/mol. The molecule has 0 amide bonds. The Balaban J connectivity index is 2.07. The average Bonchev–Trinajstić information content (AvgIpc) is 2.66. The van der Waals surface area contributed by atoms with Crippen molar-refractivity contribution in [1.29, 1.82) is 0 Å². The molecule has 0 aliphatic carbocycles. The maximum absolute atomic E-state index is 9.91. The van der Waals surface area contributed by atoms with Crippen LogP contribution in [0.25, 0.3) is 0 Å². The number of aliphatic hydroxyl groups excluding tert-OH is 1. The van der Waals surface area contributed by atoms with Crippen LogP contribution in [0.5, 0.6) is 0 Å². The SMILES string of the molecule is Cn1cc(C(O)Cc2cccnc2)cn1. The maximum Gasteiger partial charge on any atom is 0.0861 e. The molecule has 4 heteroatoms. The minimum Gasteiger partial charge on any atom is -0.388 e. The third-order valence-electron chi connectivity index (χ3n) is 2.26. The third kappa shape index (κ3) is 2.41. The van der Waals surface area contributed by atoms with Crippen LogP contribution < -0.4 is 0 Å². The molecule has 2 aromatic rings. The van der Waals surface area contributed by atoms with Gasteiger partial charge < -0.3 is 5.11 Å². The van der Waals surface area contributed by atoms with Gasteiger partial charge in [-0.2, -0.15) is 5.10 Å². The lowest BCUT2D eigenvalue weighted by atomic mass is 10.1. The van der Waals surface area contributed by atoms with Crippen molar-refractivity contribution < 1.29 is 5.11 Å². The molecule has 0 fully saturated rings. The topological polar surface area (TPSA) is 50.9 Å². The van der Waals surface area contributed by atoms with Gasteiger partial charge in [-0.05, 0) is 11.6 Å². The van der Waals surface area contributed by atoms with Crippen molar-refractivity contribution in [3.8, 4) is 0 Å². The van der Waals surface area contributed by atoms with Gasteiger partial charge in [-0.15, -0.1) is 0 Å². The maximum atomic E-state index is 9.91. The summed E-state index contributed by atoms with van der Waals surface area (Å²) >= 11 is 0. The standard InChI is InChI=1S/C11H13N3O/c1-14-8-10(7-13-14)11(15)5-9-3-2-4-12-6-9/h2-4,6-8,11,15H,5H2,1H3. The molecule has 1 N–H and O–H groups in total. The van der Waals surface area contributed by atoms with E-state index >= 15 is 0 Å². The van der Waals surface area contributed by atoms with Gasteiger partial charge in [-0.1, -0.05) is 6.07 Å². The van der Waals surface area contributed by atoms with E-state index in [-0.39, 0.29) is 0 Å². The van der Waals surface area contributed by atoms with Crippen molar-refractivity contribution in [3.63, 3.8) is 0 Å².